The van der Waals surface area contributed by atoms with Crippen LogP contribution in [0, 0.1) is 12.7 Å². The molecule has 3 rings (SSSR count). The van der Waals surface area contributed by atoms with Crippen LogP contribution in [0.5, 0.6) is 11.5 Å². The Morgan fingerprint density at radius 1 is 1.12 bits per heavy atom. The highest BCUT2D eigenvalue weighted by molar-refractivity contribution is 7.89. The Bertz CT molecular complexity index is 1020. The van der Waals surface area contributed by atoms with E-state index in [-0.39, 0.29) is 11.5 Å². The molecule has 2 aromatic carbocycles. The van der Waals surface area contributed by atoms with Crippen molar-refractivity contribution in [3.63, 3.8) is 0 Å². The maximum absolute atomic E-state index is 14.3. The zero-order valence-electron chi connectivity index (χ0n) is 13.5. The van der Waals surface area contributed by atoms with Gasteiger partial charge in [-0.25, -0.2) is 17.5 Å². The molecule has 26 heavy (non-hydrogen) atoms. The number of nitrogens with one attached hydrogen (secondary N) is 1. The third kappa shape index (κ3) is 3.59. The lowest BCUT2D eigenvalue weighted by Crippen LogP contribution is -2.30. The number of rotatable bonds is 3. The molecule has 1 amide bonds. The maximum atomic E-state index is 14.3. The molecular formula is C16H12F3NO5S. The molecule has 0 fully saturated rings. The van der Waals surface area contributed by atoms with E-state index < -0.39 is 33.6 Å². The standard InChI is InChI=1S/C16H12F3NO5S/c1-8-5-11(15(21)20-26(2,22)23)12(17)7-10(8)9-3-4-13-14(6-9)25-16(18,19)24-13/h3-7H,1-2H3,(H,20,21). The Labute approximate surface area is 146 Å². The predicted molar refractivity (Wildman–Crippen MR) is 85.1 cm³/mol. The molecule has 0 bridgehead atoms. The highest BCUT2D eigenvalue weighted by Gasteiger charge is 2.43. The van der Waals surface area contributed by atoms with Crippen LogP contribution in [0.2, 0.25) is 0 Å². The minimum Gasteiger partial charge on any atom is -0.395 e. The monoisotopic (exact) mass is 387 g/mol. The Balaban J connectivity index is 1.99. The van der Waals surface area contributed by atoms with Crippen LogP contribution in [0.4, 0.5) is 13.2 Å². The number of carbonyl (C=O) groups excluding carboxylic acids is 1. The quantitative estimate of drug-likeness (QED) is 0.876. The third-order valence-electron chi connectivity index (χ3n) is 3.55. The summed E-state index contributed by atoms with van der Waals surface area (Å²) in [5.74, 6) is -2.42. The minimum absolute atomic E-state index is 0.152. The van der Waals surface area contributed by atoms with Crippen LogP contribution in [-0.4, -0.2) is 26.9 Å². The van der Waals surface area contributed by atoms with Gasteiger partial charge < -0.3 is 9.47 Å². The summed E-state index contributed by atoms with van der Waals surface area (Å²) in [6.45, 7) is 1.56. The number of carbonyl (C=O) groups is 1. The first kappa shape index (κ1) is 18.1. The van der Waals surface area contributed by atoms with E-state index >= 15 is 0 Å². The summed E-state index contributed by atoms with van der Waals surface area (Å²) < 4.78 is 73.1. The van der Waals surface area contributed by atoms with Gasteiger partial charge in [0.15, 0.2) is 11.5 Å². The van der Waals surface area contributed by atoms with Gasteiger partial charge >= 0.3 is 6.29 Å². The number of halogens is 3. The average Bonchev–Trinajstić information content (AvgIpc) is 2.80. The Hall–Kier alpha value is -2.75. The van der Waals surface area contributed by atoms with Crippen molar-refractivity contribution < 1.29 is 35.9 Å². The number of alkyl halides is 2. The highest BCUT2D eigenvalue weighted by Crippen LogP contribution is 2.43. The predicted octanol–water partition coefficient (Wildman–Crippen LogP) is 2.81. The van der Waals surface area contributed by atoms with Gasteiger partial charge in [-0.1, -0.05) is 6.07 Å². The molecule has 0 aliphatic carbocycles. The molecule has 1 N–H and O–H groups in total. The molecule has 2 aromatic rings. The van der Waals surface area contributed by atoms with Gasteiger partial charge in [0.2, 0.25) is 10.0 Å². The maximum Gasteiger partial charge on any atom is 0.586 e. The molecule has 1 aliphatic rings. The van der Waals surface area contributed by atoms with Crippen LogP contribution in [0.3, 0.4) is 0 Å². The van der Waals surface area contributed by atoms with Gasteiger partial charge in [-0.3, -0.25) is 4.79 Å². The van der Waals surface area contributed by atoms with Gasteiger partial charge in [-0.2, -0.15) is 0 Å². The largest absolute Gasteiger partial charge is 0.586 e. The lowest BCUT2D eigenvalue weighted by molar-refractivity contribution is -0.286. The van der Waals surface area contributed by atoms with Gasteiger partial charge in [0.05, 0.1) is 11.8 Å². The molecule has 1 aliphatic heterocycles. The van der Waals surface area contributed by atoms with Gasteiger partial charge in [-0.15, -0.1) is 8.78 Å². The van der Waals surface area contributed by atoms with Crippen molar-refractivity contribution in [3.05, 3.63) is 47.3 Å². The van der Waals surface area contributed by atoms with Gasteiger partial charge in [0, 0.05) is 0 Å². The number of ether oxygens (including phenoxy) is 2. The minimum atomic E-state index is -3.85. The van der Waals surface area contributed by atoms with E-state index in [9.17, 15) is 26.4 Å². The normalized spacial score (nSPS) is 15.0. The molecule has 0 unspecified atom stereocenters. The van der Waals surface area contributed by atoms with E-state index in [1.807, 2.05) is 0 Å². The number of aryl methyl sites for hydroxylation is 1. The fourth-order valence-corrected chi connectivity index (χ4v) is 2.95. The molecule has 138 valence electrons. The van der Waals surface area contributed by atoms with Crippen LogP contribution in [0.25, 0.3) is 11.1 Å². The fourth-order valence-electron chi connectivity index (χ4n) is 2.51. The number of benzene rings is 2. The number of sulfonamides is 1. The van der Waals surface area contributed by atoms with Crippen molar-refractivity contribution >= 4 is 15.9 Å². The molecule has 0 spiro atoms. The van der Waals surface area contributed by atoms with Crippen molar-refractivity contribution in [1.82, 2.24) is 4.72 Å². The smallest absolute Gasteiger partial charge is 0.395 e. The SMILES string of the molecule is Cc1cc(C(=O)NS(C)(=O)=O)c(F)cc1-c1ccc2c(c1)OC(F)(F)O2. The summed E-state index contributed by atoms with van der Waals surface area (Å²) in [4.78, 5) is 11.9. The molecule has 0 radical (unpaired) electrons. The summed E-state index contributed by atoms with van der Waals surface area (Å²) in [6, 6.07) is 6.13. The molecule has 0 saturated heterocycles. The Morgan fingerprint density at radius 2 is 1.77 bits per heavy atom. The molecule has 10 heteroatoms. The van der Waals surface area contributed by atoms with E-state index in [4.69, 9.17) is 0 Å². The summed E-state index contributed by atoms with van der Waals surface area (Å²) >= 11 is 0. The summed E-state index contributed by atoms with van der Waals surface area (Å²) in [7, 11) is -3.85. The summed E-state index contributed by atoms with van der Waals surface area (Å²) in [6.07, 6.45) is -3.00. The van der Waals surface area contributed by atoms with Gasteiger partial charge in [0.25, 0.3) is 5.91 Å². The number of amides is 1. The van der Waals surface area contributed by atoms with E-state index in [0.717, 1.165) is 12.3 Å². The van der Waals surface area contributed by atoms with E-state index in [1.165, 1.54) is 24.3 Å². The number of hydrogen-bond donors (Lipinski definition) is 1. The zero-order chi connectivity index (χ0) is 19.3. The van der Waals surface area contributed by atoms with Crippen LogP contribution in [0.1, 0.15) is 15.9 Å². The molecule has 0 atom stereocenters. The topological polar surface area (TPSA) is 81.7 Å². The second kappa shape index (κ2) is 5.90. The first-order chi connectivity index (χ1) is 12.0. The molecule has 0 aromatic heterocycles. The summed E-state index contributed by atoms with van der Waals surface area (Å²) in [5, 5.41) is 0. The van der Waals surface area contributed by atoms with Crippen molar-refractivity contribution in [1.29, 1.82) is 0 Å². The fraction of sp³-hybridized carbons (Fsp3) is 0.188. The number of hydrogen-bond acceptors (Lipinski definition) is 5. The third-order valence-corrected chi connectivity index (χ3v) is 4.11. The second-order valence-corrected chi connectivity index (χ2v) is 7.43. The van der Waals surface area contributed by atoms with Gasteiger partial charge in [-0.05, 0) is 47.9 Å². The van der Waals surface area contributed by atoms with E-state index in [0.29, 0.717) is 16.7 Å². The van der Waals surface area contributed by atoms with Crippen LogP contribution >= 0.6 is 0 Å². The lowest BCUT2D eigenvalue weighted by atomic mass is 9.97. The average molecular weight is 387 g/mol. The number of fused-ring (bicyclic) bond motifs is 1. The molecule has 6 nitrogen and oxygen atoms in total. The molecule has 1 heterocycles. The van der Waals surface area contributed by atoms with Crippen molar-refractivity contribution in [2.24, 2.45) is 0 Å². The zero-order valence-corrected chi connectivity index (χ0v) is 14.3. The van der Waals surface area contributed by atoms with Crippen molar-refractivity contribution in [3.8, 4) is 22.6 Å². The first-order valence-electron chi connectivity index (χ1n) is 7.18. The van der Waals surface area contributed by atoms with Crippen molar-refractivity contribution in [2.45, 2.75) is 13.2 Å². The Kier molecular flexibility index (Phi) is 4.10. The van der Waals surface area contributed by atoms with Crippen LogP contribution in [-0.2, 0) is 10.0 Å². The van der Waals surface area contributed by atoms with Crippen LogP contribution in [0.15, 0.2) is 30.3 Å². The van der Waals surface area contributed by atoms with E-state index in [2.05, 4.69) is 9.47 Å². The van der Waals surface area contributed by atoms with E-state index in [1.54, 1.807) is 11.6 Å². The first-order valence-corrected chi connectivity index (χ1v) is 9.07. The second-order valence-electron chi connectivity index (χ2n) is 5.68. The lowest BCUT2D eigenvalue weighted by Gasteiger charge is -2.11. The highest BCUT2D eigenvalue weighted by atomic mass is 32.2. The summed E-state index contributed by atoms with van der Waals surface area (Å²) in [5.41, 5.74) is 0.649. The van der Waals surface area contributed by atoms with Crippen LogP contribution < -0.4 is 14.2 Å². The Morgan fingerprint density at radius 3 is 2.42 bits per heavy atom. The molecular weight excluding hydrogens is 375 g/mol. The van der Waals surface area contributed by atoms with Crippen molar-refractivity contribution in [2.75, 3.05) is 6.26 Å². The van der Waals surface area contributed by atoms with Gasteiger partial charge in [0.1, 0.15) is 5.82 Å². The molecule has 0 saturated carbocycles.